The molecule has 0 unspecified atom stereocenters. The maximum atomic E-state index is 13.6. The summed E-state index contributed by atoms with van der Waals surface area (Å²) in [5, 5.41) is 7.18. The van der Waals surface area contributed by atoms with Gasteiger partial charge in [0.15, 0.2) is 0 Å². The first-order valence-electron chi connectivity index (χ1n) is 12.7. The highest BCUT2D eigenvalue weighted by Gasteiger charge is 2.40. The summed E-state index contributed by atoms with van der Waals surface area (Å²) >= 11 is 6.01. The molecule has 4 rings (SSSR count). The summed E-state index contributed by atoms with van der Waals surface area (Å²) in [4.78, 5) is 43.1. The summed E-state index contributed by atoms with van der Waals surface area (Å²) in [5.74, 6) is -0.369. The van der Waals surface area contributed by atoms with Crippen molar-refractivity contribution in [1.29, 1.82) is 0 Å². The molecule has 0 radical (unpaired) electrons. The molecule has 2 heterocycles. The van der Waals surface area contributed by atoms with Crippen LogP contribution in [0.2, 0.25) is 5.02 Å². The topological polar surface area (TPSA) is 122 Å². The van der Waals surface area contributed by atoms with Crippen molar-refractivity contribution in [3.8, 4) is 0 Å². The van der Waals surface area contributed by atoms with Crippen molar-refractivity contribution in [2.45, 2.75) is 69.5 Å². The first kappa shape index (κ1) is 26.2. The number of likely N-dealkylation sites (tertiary alicyclic amines) is 1. The van der Waals surface area contributed by atoms with Gasteiger partial charge in [-0.2, -0.15) is 0 Å². The fourth-order valence-corrected chi connectivity index (χ4v) is 5.41. The quantitative estimate of drug-likeness (QED) is 0.529. The van der Waals surface area contributed by atoms with Gasteiger partial charge in [0.2, 0.25) is 17.6 Å². The molecule has 36 heavy (non-hydrogen) atoms. The number of aromatic nitrogens is 1. The highest BCUT2D eigenvalue weighted by molar-refractivity contribution is 6.30. The van der Waals surface area contributed by atoms with Gasteiger partial charge >= 0.3 is 0 Å². The average molecular weight is 516 g/mol. The molecule has 9 nitrogen and oxygen atoms in total. The number of hydrogen-bond acceptors (Lipinski definition) is 6. The van der Waals surface area contributed by atoms with Gasteiger partial charge in [-0.3, -0.25) is 14.4 Å². The molecule has 3 amide bonds. The smallest absolute Gasteiger partial charge is 0.293 e. The second kappa shape index (κ2) is 12.4. The van der Waals surface area contributed by atoms with Crippen LogP contribution in [0.5, 0.6) is 0 Å². The minimum absolute atomic E-state index is 0.116. The molecule has 1 saturated carbocycles. The summed E-state index contributed by atoms with van der Waals surface area (Å²) in [7, 11) is 0. The van der Waals surface area contributed by atoms with Crippen LogP contribution in [0.1, 0.15) is 61.1 Å². The molecule has 1 saturated heterocycles. The Morgan fingerprint density at radius 2 is 1.86 bits per heavy atom. The highest BCUT2D eigenvalue weighted by atomic mass is 35.5. The Bertz CT molecular complexity index is 1020. The highest BCUT2D eigenvalue weighted by Crippen LogP contribution is 2.29. The van der Waals surface area contributed by atoms with Gasteiger partial charge < -0.3 is 25.4 Å². The van der Waals surface area contributed by atoms with Gasteiger partial charge in [-0.1, -0.05) is 48.2 Å². The number of rotatable bonds is 9. The molecule has 1 aromatic heterocycles. The average Bonchev–Trinajstić information content (AvgIpc) is 3.59. The third-order valence-corrected chi connectivity index (χ3v) is 7.33. The molecule has 2 aromatic rings. The second-order valence-electron chi connectivity index (χ2n) is 9.60. The largest absolute Gasteiger partial charge is 0.351 e. The predicted molar refractivity (Wildman–Crippen MR) is 135 cm³/mol. The number of amides is 3. The zero-order valence-electron chi connectivity index (χ0n) is 20.4. The van der Waals surface area contributed by atoms with E-state index in [0.717, 1.165) is 31.2 Å². The van der Waals surface area contributed by atoms with Crippen molar-refractivity contribution in [2.24, 2.45) is 5.73 Å². The van der Waals surface area contributed by atoms with Crippen LogP contribution < -0.4 is 11.1 Å². The Hall–Kier alpha value is -2.91. The van der Waals surface area contributed by atoms with Gasteiger partial charge in [-0.15, -0.1) is 0 Å². The minimum atomic E-state index is -0.725. The van der Waals surface area contributed by atoms with Crippen LogP contribution in [-0.2, 0) is 16.0 Å². The summed E-state index contributed by atoms with van der Waals surface area (Å²) < 4.78 is 5.19. The van der Waals surface area contributed by atoms with E-state index in [1.165, 1.54) is 12.6 Å². The Kier molecular flexibility index (Phi) is 8.98. The molecule has 0 bridgehead atoms. The SMILES string of the molecule is NCCC(=O)N[C@H](Cc1ccc(Cl)cc1)C(=O)N1CC[C@H](N(C(=O)c2ccno2)C2CCCCC2)C1. The Morgan fingerprint density at radius 1 is 1.11 bits per heavy atom. The van der Waals surface area contributed by atoms with E-state index in [1.54, 1.807) is 23.1 Å². The van der Waals surface area contributed by atoms with Crippen molar-refractivity contribution < 1.29 is 18.9 Å². The normalized spacial score (nSPS) is 19.2. The van der Waals surface area contributed by atoms with E-state index in [4.69, 9.17) is 21.9 Å². The van der Waals surface area contributed by atoms with E-state index in [-0.39, 0.29) is 48.5 Å². The molecule has 1 aliphatic carbocycles. The van der Waals surface area contributed by atoms with Gasteiger partial charge in [0.05, 0.1) is 12.2 Å². The number of carbonyl (C=O) groups is 3. The molecule has 1 aromatic carbocycles. The van der Waals surface area contributed by atoms with Crippen LogP contribution in [0, 0.1) is 0 Å². The van der Waals surface area contributed by atoms with E-state index in [1.807, 2.05) is 17.0 Å². The van der Waals surface area contributed by atoms with Crippen LogP contribution in [0.15, 0.2) is 41.1 Å². The zero-order valence-corrected chi connectivity index (χ0v) is 21.2. The van der Waals surface area contributed by atoms with E-state index < -0.39 is 6.04 Å². The van der Waals surface area contributed by atoms with Crippen molar-refractivity contribution in [2.75, 3.05) is 19.6 Å². The fourth-order valence-electron chi connectivity index (χ4n) is 5.29. The van der Waals surface area contributed by atoms with Crippen LogP contribution in [-0.4, -0.2) is 70.4 Å². The lowest BCUT2D eigenvalue weighted by atomic mass is 9.92. The van der Waals surface area contributed by atoms with Crippen molar-refractivity contribution in [3.05, 3.63) is 52.9 Å². The first-order chi connectivity index (χ1) is 17.5. The number of nitrogens with zero attached hydrogens (tertiary/aromatic N) is 3. The summed E-state index contributed by atoms with van der Waals surface area (Å²) in [6.45, 7) is 1.14. The maximum absolute atomic E-state index is 13.6. The molecule has 0 spiro atoms. The molecule has 3 N–H and O–H groups in total. The minimum Gasteiger partial charge on any atom is -0.351 e. The third kappa shape index (κ3) is 6.44. The molecule has 2 atom stereocenters. The van der Waals surface area contributed by atoms with Crippen LogP contribution in [0.3, 0.4) is 0 Å². The lowest BCUT2D eigenvalue weighted by Gasteiger charge is -2.38. The van der Waals surface area contributed by atoms with E-state index in [2.05, 4.69) is 10.5 Å². The Balaban J connectivity index is 1.49. The Morgan fingerprint density at radius 3 is 2.53 bits per heavy atom. The molecule has 2 fully saturated rings. The van der Waals surface area contributed by atoms with E-state index in [9.17, 15) is 14.4 Å². The van der Waals surface area contributed by atoms with Gasteiger partial charge in [0.25, 0.3) is 5.91 Å². The Labute approximate surface area is 216 Å². The first-order valence-corrected chi connectivity index (χ1v) is 13.1. The van der Waals surface area contributed by atoms with Crippen LogP contribution >= 0.6 is 11.6 Å². The van der Waals surface area contributed by atoms with E-state index >= 15 is 0 Å². The number of nitrogens with two attached hydrogens (primary N) is 1. The van der Waals surface area contributed by atoms with Crippen LogP contribution in [0.25, 0.3) is 0 Å². The standard InChI is InChI=1S/C26H34ClN5O4/c27-19-8-6-18(7-9-19)16-22(30-24(33)10-13-28)25(34)31-15-12-21(17-31)32(20-4-2-1-3-5-20)26(35)23-11-14-29-36-23/h6-9,11,14,20-22H,1-5,10,12-13,15-17,28H2,(H,30,33)/t21-,22+/m0/s1. The molecule has 2 aliphatic rings. The van der Waals surface area contributed by atoms with E-state index in [0.29, 0.717) is 31.0 Å². The van der Waals surface area contributed by atoms with Gasteiger partial charge in [0.1, 0.15) is 6.04 Å². The molecular formula is C26H34ClN5O4. The van der Waals surface area contributed by atoms with Gasteiger partial charge in [-0.25, -0.2) is 0 Å². The number of benzene rings is 1. The number of carbonyl (C=O) groups excluding carboxylic acids is 3. The van der Waals surface area contributed by atoms with Crippen LogP contribution in [0.4, 0.5) is 0 Å². The number of nitrogens with one attached hydrogen (secondary N) is 1. The lowest BCUT2D eigenvalue weighted by molar-refractivity contribution is -0.135. The van der Waals surface area contributed by atoms with Crippen molar-refractivity contribution >= 4 is 29.3 Å². The predicted octanol–water partition coefficient (Wildman–Crippen LogP) is 2.78. The summed E-state index contributed by atoms with van der Waals surface area (Å²) in [6, 6.07) is 8.10. The molecule has 1 aliphatic heterocycles. The van der Waals surface area contributed by atoms with Gasteiger partial charge in [-0.05, 0) is 37.0 Å². The van der Waals surface area contributed by atoms with Crippen molar-refractivity contribution in [3.63, 3.8) is 0 Å². The molecular weight excluding hydrogens is 482 g/mol. The lowest BCUT2D eigenvalue weighted by Crippen LogP contribution is -2.52. The number of halogens is 1. The second-order valence-corrected chi connectivity index (χ2v) is 10.0. The summed E-state index contributed by atoms with van der Waals surface area (Å²) in [5.41, 5.74) is 6.44. The fraction of sp³-hybridized carbons (Fsp3) is 0.538. The summed E-state index contributed by atoms with van der Waals surface area (Å²) in [6.07, 6.45) is 7.86. The van der Waals surface area contributed by atoms with Crippen molar-refractivity contribution in [1.82, 2.24) is 20.3 Å². The number of hydrogen-bond donors (Lipinski definition) is 2. The maximum Gasteiger partial charge on any atom is 0.293 e. The third-order valence-electron chi connectivity index (χ3n) is 7.08. The molecule has 10 heteroatoms. The van der Waals surface area contributed by atoms with Gasteiger partial charge in [0, 0.05) is 49.6 Å². The zero-order chi connectivity index (χ0) is 25.5. The monoisotopic (exact) mass is 515 g/mol. The molecule has 194 valence electrons.